The summed E-state index contributed by atoms with van der Waals surface area (Å²) in [4.78, 5) is 8.36. The molecule has 0 unspecified atom stereocenters. The van der Waals surface area contributed by atoms with Gasteiger partial charge in [-0.3, -0.25) is 0 Å². The third kappa shape index (κ3) is 1.99. The molecule has 0 aliphatic rings. The average molecular weight is 236 g/mol. The van der Waals surface area contributed by atoms with Gasteiger partial charge in [-0.15, -0.1) is 10.2 Å². The maximum Gasteiger partial charge on any atom is 0.197 e. The third-order valence-electron chi connectivity index (χ3n) is 2.13. The van der Waals surface area contributed by atoms with Gasteiger partial charge >= 0.3 is 0 Å². The van der Waals surface area contributed by atoms with Crippen LogP contribution in [0.3, 0.4) is 0 Å². The predicted octanol–water partition coefficient (Wildman–Crippen LogP) is 1.11. The van der Waals surface area contributed by atoms with Crippen molar-refractivity contribution in [3.05, 3.63) is 18.2 Å². The van der Waals surface area contributed by atoms with Crippen molar-refractivity contribution in [2.45, 2.75) is 17.1 Å². The van der Waals surface area contributed by atoms with Gasteiger partial charge in [0.25, 0.3) is 0 Å². The fourth-order valence-corrected chi connectivity index (χ4v) is 2.04. The molecule has 0 saturated heterocycles. The van der Waals surface area contributed by atoms with Crippen LogP contribution in [0.25, 0.3) is 0 Å². The SMILES string of the molecule is CNc1ncnc(Sc2nncn2C)c1C. The van der Waals surface area contributed by atoms with Crippen molar-refractivity contribution >= 4 is 17.6 Å². The molecule has 2 heterocycles. The van der Waals surface area contributed by atoms with Gasteiger partial charge in [-0.25, -0.2) is 9.97 Å². The summed E-state index contributed by atoms with van der Waals surface area (Å²) < 4.78 is 1.85. The molecule has 16 heavy (non-hydrogen) atoms. The van der Waals surface area contributed by atoms with Gasteiger partial charge in [-0.05, 0) is 18.7 Å². The third-order valence-corrected chi connectivity index (χ3v) is 3.29. The molecule has 0 bridgehead atoms. The van der Waals surface area contributed by atoms with Crippen molar-refractivity contribution < 1.29 is 0 Å². The van der Waals surface area contributed by atoms with E-state index in [4.69, 9.17) is 0 Å². The molecule has 84 valence electrons. The molecule has 0 saturated carbocycles. The summed E-state index contributed by atoms with van der Waals surface area (Å²) in [5, 5.41) is 12.5. The Morgan fingerprint density at radius 2 is 2.19 bits per heavy atom. The van der Waals surface area contributed by atoms with E-state index in [1.807, 2.05) is 25.6 Å². The Hall–Kier alpha value is -1.63. The molecular formula is C9H12N6S. The minimum absolute atomic E-state index is 0.809. The fraction of sp³-hybridized carbons (Fsp3) is 0.333. The Morgan fingerprint density at radius 1 is 1.38 bits per heavy atom. The highest BCUT2D eigenvalue weighted by Gasteiger charge is 2.10. The average Bonchev–Trinajstić information content (AvgIpc) is 2.68. The van der Waals surface area contributed by atoms with E-state index in [2.05, 4.69) is 25.5 Å². The second-order valence-corrected chi connectivity index (χ2v) is 4.18. The zero-order valence-corrected chi connectivity index (χ0v) is 10.1. The molecule has 0 atom stereocenters. The number of rotatable bonds is 3. The van der Waals surface area contributed by atoms with Gasteiger partial charge in [0.15, 0.2) is 5.16 Å². The van der Waals surface area contributed by atoms with Crippen LogP contribution in [0.5, 0.6) is 0 Å². The lowest BCUT2D eigenvalue weighted by molar-refractivity contribution is 0.786. The van der Waals surface area contributed by atoms with Gasteiger partial charge in [0.05, 0.1) is 0 Å². The van der Waals surface area contributed by atoms with Crippen LogP contribution in [0.4, 0.5) is 5.82 Å². The van der Waals surface area contributed by atoms with Crippen molar-refractivity contribution in [2.24, 2.45) is 7.05 Å². The highest BCUT2D eigenvalue weighted by molar-refractivity contribution is 7.99. The van der Waals surface area contributed by atoms with E-state index in [0.717, 1.165) is 21.6 Å². The van der Waals surface area contributed by atoms with Crippen molar-refractivity contribution in [3.63, 3.8) is 0 Å². The first-order valence-electron chi connectivity index (χ1n) is 4.73. The van der Waals surface area contributed by atoms with Gasteiger partial charge in [0.2, 0.25) is 0 Å². The summed E-state index contributed by atoms with van der Waals surface area (Å²) in [6.45, 7) is 1.98. The molecule has 6 nitrogen and oxygen atoms in total. The highest BCUT2D eigenvalue weighted by atomic mass is 32.2. The Balaban J connectivity index is 2.32. The van der Waals surface area contributed by atoms with Crippen LogP contribution >= 0.6 is 11.8 Å². The molecular weight excluding hydrogens is 224 g/mol. The summed E-state index contributed by atoms with van der Waals surface area (Å²) in [6.07, 6.45) is 3.20. The minimum atomic E-state index is 0.809. The zero-order chi connectivity index (χ0) is 11.5. The lowest BCUT2D eigenvalue weighted by Gasteiger charge is -2.07. The van der Waals surface area contributed by atoms with Crippen LogP contribution in [-0.4, -0.2) is 31.8 Å². The number of nitrogens with zero attached hydrogens (tertiary/aromatic N) is 5. The Labute approximate surface area is 97.5 Å². The molecule has 7 heteroatoms. The largest absolute Gasteiger partial charge is 0.373 e. The Morgan fingerprint density at radius 3 is 2.81 bits per heavy atom. The summed E-state index contributed by atoms with van der Waals surface area (Å²) in [5.41, 5.74) is 1.01. The minimum Gasteiger partial charge on any atom is -0.373 e. The van der Waals surface area contributed by atoms with Crippen LogP contribution in [-0.2, 0) is 7.05 Å². The first-order chi connectivity index (χ1) is 7.72. The standard InChI is InChI=1S/C9H12N6S/c1-6-7(10-2)11-4-12-8(6)16-9-14-13-5-15(9)3/h4-5H,1-3H3,(H,10,11,12). The van der Waals surface area contributed by atoms with Crippen molar-refractivity contribution in [3.8, 4) is 0 Å². The van der Waals surface area contributed by atoms with Gasteiger partial charge < -0.3 is 9.88 Å². The van der Waals surface area contributed by atoms with Crippen molar-refractivity contribution in [2.75, 3.05) is 12.4 Å². The normalized spacial score (nSPS) is 10.4. The van der Waals surface area contributed by atoms with Gasteiger partial charge in [0, 0.05) is 19.7 Å². The van der Waals surface area contributed by atoms with Crippen LogP contribution < -0.4 is 5.32 Å². The monoisotopic (exact) mass is 236 g/mol. The van der Waals surface area contributed by atoms with E-state index in [-0.39, 0.29) is 0 Å². The molecule has 2 aromatic heterocycles. The van der Waals surface area contributed by atoms with Gasteiger partial charge in [0.1, 0.15) is 23.5 Å². The quantitative estimate of drug-likeness (QED) is 0.805. The summed E-state index contributed by atoms with van der Waals surface area (Å²) in [6, 6.07) is 0. The second kappa shape index (κ2) is 4.48. The maximum absolute atomic E-state index is 4.23. The van der Waals surface area contributed by atoms with Gasteiger partial charge in [-0.2, -0.15) is 0 Å². The molecule has 0 aliphatic carbocycles. The molecule has 2 rings (SSSR count). The maximum atomic E-state index is 4.23. The van der Waals surface area contributed by atoms with Crippen LogP contribution in [0.2, 0.25) is 0 Å². The topological polar surface area (TPSA) is 68.5 Å². The molecule has 0 fully saturated rings. The highest BCUT2D eigenvalue weighted by Crippen LogP contribution is 2.28. The molecule has 0 amide bonds. The zero-order valence-electron chi connectivity index (χ0n) is 9.30. The molecule has 0 radical (unpaired) electrons. The van der Waals surface area contributed by atoms with E-state index < -0.39 is 0 Å². The number of anilines is 1. The Kier molecular flexibility index (Phi) is 3.04. The van der Waals surface area contributed by atoms with Crippen LogP contribution in [0.1, 0.15) is 5.56 Å². The summed E-state index contributed by atoms with van der Waals surface area (Å²) >= 11 is 1.48. The predicted molar refractivity (Wildman–Crippen MR) is 61.4 cm³/mol. The van der Waals surface area contributed by atoms with Gasteiger partial charge in [-0.1, -0.05) is 0 Å². The lowest BCUT2D eigenvalue weighted by atomic mass is 10.3. The second-order valence-electron chi connectivity index (χ2n) is 3.23. The van der Waals surface area contributed by atoms with E-state index in [0.29, 0.717) is 0 Å². The first kappa shape index (κ1) is 10.9. The molecule has 1 N–H and O–H groups in total. The Bertz CT molecular complexity index is 494. The van der Waals surface area contributed by atoms with E-state index in [9.17, 15) is 0 Å². The van der Waals surface area contributed by atoms with Crippen LogP contribution in [0, 0.1) is 6.92 Å². The molecule has 0 aromatic carbocycles. The van der Waals surface area contributed by atoms with E-state index >= 15 is 0 Å². The van der Waals surface area contributed by atoms with E-state index in [1.165, 1.54) is 18.1 Å². The molecule has 2 aromatic rings. The lowest BCUT2D eigenvalue weighted by Crippen LogP contribution is -1.99. The van der Waals surface area contributed by atoms with Crippen LogP contribution in [0.15, 0.2) is 22.8 Å². The fourth-order valence-electron chi connectivity index (χ4n) is 1.24. The smallest absolute Gasteiger partial charge is 0.197 e. The summed E-state index contributed by atoms with van der Waals surface area (Å²) in [5.74, 6) is 0.833. The molecule has 0 spiro atoms. The number of aryl methyl sites for hydroxylation is 1. The van der Waals surface area contributed by atoms with Crippen molar-refractivity contribution in [1.82, 2.24) is 24.7 Å². The van der Waals surface area contributed by atoms with E-state index in [1.54, 1.807) is 6.33 Å². The number of hydrogen-bond acceptors (Lipinski definition) is 6. The van der Waals surface area contributed by atoms with Crippen molar-refractivity contribution in [1.29, 1.82) is 0 Å². The first-order valence-corrected chi connectivity index (χ1v) is 5.55. The number of nitrogens with one attached hydrogen (secondary N) is 1. The summed E-state index contributed by atoms with van der Waals surface area (Å²) in [7, 11) is 3.74. The molecule has 0 aliphatic heterocycles. The number of aromatic nitrogens is 5. The number of hydrogen-bond donors (Lipinski definition) is 1.